The molecule has 1 unspecified atom stereocenters. The molecule has 1 aromatic carbocycles. The molecule has 2 aromatic rings. The van der Waals surface area contributed by atoms with Gasteiger partial charge in [0.2, 0.25) is 0 Å². The zero-order valence-corrected chi connectivity index (χ0v) is 10.0. The first-order valence-electron chi connectivity index (χ1n) is 6.07. The van der Waals surface area contributed by atoms with Gasteiger partial charge in [-0.3, -0.25) is 5.84 Å². The minimum atomic E-state index is -0.00916. The molecule has 0 amide bonds. The van der Waals surface area contributed by atoms with Crippen LogP contribution in [0.2, 0.25) is 0 Å². The zero-order valence-electron chi connectivity index (χ0n) is 10.0. The summed E-state index contributed by atoms with van der Waals surface area (Å²) >= 11 is 0. The molecule has 2 heterocycles. The fraction of sp³-hybridized carbons (Fsp3) is 0.308. The van der Waals surface area contributed by atoms with Gasteiger partial charge in [-0.15, -0.1) is 0 Å². The van der Waals surface area contributed by atoms with E-state index in [2.05, 4.69) is 27.1 Å². The van der Waals surface area contributed by atoms with E-state index >= 15 is 0 Å². The molecule has 0 fully saturated rings. The van der Waals surface area contributed by atoms with Crippen molar-refractivity contribution >= 4 is 11.0 Å². The van der Waals surface area contributed by atoms with Crippen LogP contribution in [-0.4, -0.2) is 22.2 Å². The number of aromatic nitrogens is 2. The van der Waals surface area contributed by atoms with Gasteiger partial charge in [0.25, 0.3) is 0 Å². The van der Waals surface area contributed by atoms with Gasteiger partial charge in [-0.05, 0) is 18.2 Å². The van der Waals surface area contributed by atoms with Crippen LogP contribution in [0.15, 0.2) is 42.4 Å². The predicted octanol–water partition coefficient (Wildman–Crippen LogP) is 1.17. The summed E-state index contributed by atoms with van der Waals surface area (Å²) in [5.41, 5.74) is 4.91. The fourth-order valence-corrected chi connectivity index (χ4v) is 2.26. The van der Waals surface area contributed by atoms with Crippen molar-refractivity contribution in [2.24, 2.45) is 5.84 Å². The second kappa shape index (κ2) is 4.80. The van der Waals surface area contributed by atoms with E-state index in [4.69, 9.17) is 10.6 Å². The third-order valence-electron chi connectivity index (χ3n) is 3.18. The first-order valence-corrected chi connectivity index (χ1v) is 6.07. The Labute approximate surface area is 105 Å². The maximum Gasteiger partial charge on any atom is 0.112 e. The Morgan fingerprint density at radius 3 is 3.11 bits per heavy atom. The third kappa shape index (κ3) is 1.98. The summed E-state index contributed by atoms with van der Waals surface area (Å²) in [5.74, 6) is 6.53. The zero-order chi connectivity index (χ0) is 12.4. The van der Waals surface area contributed by atoms with Crippen molar-refractivity contribution in [3.63, 3.8) is 0 Å². The first kappa shape index (κ1) is 11.3. The number of hydrogen-bond donors (Lipinski definition) is 2. The molecule has 1 aliphatic heterocycles. The van der Waals surface area contributed by atoms with Crippen LogP contribution in [0, 0.1) is 0 Å². The van der Waals surface area contributed by atoms with Gasteiger partial charge in [0.05, 0.1) is 30.0 Å². The first-order chi connectivity index (χ1) is 8.88. The van der Waals surface area contributed by atoms with Crippen molar-refractivity contribution in [3.05, 3.63) is 42.4 Å². The van der Waals surface area contributed by atoms with Gasteiger partial charge in [0.15, 0.2) is 0 Å². The van der Waals surface area contributed by atoms with Crippen LogP contribution < -0.4 is 11.3 Å². The van der Waals surface area contributed by atoms with Crippen LogP contribution in [0.1, 0.15) is 6.42 Å². The molecular formula is C13H16N4O. The molecule has 18 heavy (non-hydrogen) atoms. The van der Waals surface area contributed by atoms with Gasteiger partial charge >= 0.3 is 0 Å². The Morgan fingerprint density at radius 2 is 2.33 bits per heavy atom. The molecule has 3 N–H and O–H groups in total. The number of hydrogen-bond acceptors (Lipinski definition) is 4. The lowest BCUT2D eigenvalue weighted by Gasteiger charge is -2.18. The van der Waals surface area contributed by atoms with E-state index in [0.29, 0.717) is 6.54 Å². The Morgan fingerprint density at radius 1 is 1.44 bits per heavy atom. The number of para-hydroxylation sites is 2. The summed E-state index contributed by atoms with van der Waals surface area (Å²) in [6.07, 6.45) is 4.88. The third-order valence-corrected chi connectivity index (χ3v) is 3.18. The van der Waals surface area contributed by atoms with Crippen LogP contribution in [-0.2, 0) is 11.3 Å². The van der Waals surface area contributed by atoms with Crippen LogP contribution in [0.25, 0.3) is 11.0 Å². The Bertz CT molecular complexity index is 575. The lowest BCUT2D eigenvalue weighted by atomic mass is 10.2. The van der Waals surface area contributed by atoms with Crippen LogP contribution in [0.4, 0.5) is 0 Å². The molecule has 0 saturated carbocycles. The number of imidazole rings is 1. The number of nitrogens with two attached hydrogens (primary N) is 1. The standard InChI is InChI=1S/C13H16N4O/c14-16-11(13-6-3-7-18-13)8-17-9-15-10-4-1-2-5-12(10)17/h1-2,4-6,9,11,16H,3,7-8,14H2. The molecule has 0 saturated heterocycles. The second-order valence-electron chi connectivity index (χ2n) is 4.35. The number of nitrogens with one attached hydrogen (secondary N) is 1. The molecule has 0 bridgehead atoms. The number of hydrazine groups is 1. The molecule has 94 valence electrons. The van der Waals surface area contributed by atoms with Crippen LogP contribution >= 0.6 is 0 Å². The summed E-state index contributed by atoms with van der Waals surface area (Å²) in [5, 5.41) is 0. The fourth-order valence-electron chi connectivity index (χ4n) is 2.26. The highest BCUT2D eigenvalue weighted by Crippen LogP contribution is 2.17. The van der Waals surface area contributed by atoms with E-state index in [9.17, 15) is 0 Å². The lowest BCUT2D eigenvalue weighted by Crippen LogP contribution is -2.39. The molecule has 3 rings (SSSR count). The topological polar surface area (TPSA) is 65.1 Å². The highest BCUT2D eigenvalue weighted by Gasteiger charge is 2.18. The van der Waals surface area contributed by atoms with Gasteiger partial charge in [0.1, 0.15) is 5.76 Å². The van der Waals surface area contributed by atoms with Crippen molar-refractivity contribution < 1.29 is 4.74 Å². The van der Waals surface area contributed by atoms with Gasteiger partial charge in [0, 0.05) is 13.0 Å². The van der Waals surface area contributed by atoms with E-state index in [-0.39, 0.29) is 6.04 Å². The minimum absolute atomic E-state index is 0.00916. The molecule has 0 spiro atoms. The Hall–Kier alpha value is -1.85. The number of nitrogens with zero attached hydrogens (tertiary/aromatic N) is 2. The smallest absolute Gasteiger partial charge is 0.112 e. The van der Waals surface area contributed by atoms with Gasteiger partial charge in [-0.2, -0.15) is 0 Å². The Kier molecular flexibility index (Phi) is 3.00. The molecule has 5 nitrogen and oxygen atoms in total. The maximum atomic E-state index is 5.61. The molecule has 5 heteroatoms. The number of benzene rings is 1. The molecule has 0 aliphatic carbocycles. The quantitative estimate of drug-likeness (QED) is 0.626. The summed E-state index contributed by atoms with van der Waals surface area (Å²) in [6, 6.07) is 8.05. The van der Waals surface area contributed by atoms with Crippen molar-refractivity contribution in [3.8, 4) is 0 Å². The van der Waals surface area contributed by atoms with Gasteiger partial charge < -0.3 is 9.30 Å². The molecular weight excluding hydrogens is 228 g/mol. The van der Waals surface area contributed by atoms with Crippen molar-refractivity contribution in [1.82, 2.24) is 15.0 Å². The van der Waals surface area contributed by atoms with Crippen molar-refractivity contribution in [2.45, 2.75) is 19.0 Å². The average molecular weight is 244 g/mol. The number of ether oxygens (including phenoxy) is 1. The van der Waals surface area contributed by atoms with E-state index in [1.54, 1.807) is 0 Å². The van der Waals surface area contributed by atoms with E-state index in [1.165, 1.54) is 0 Å². The van der Waals surface area contributed by atoms with E-state index < -0.39 is 0 Å². The molecule has 0 radical (unpaired) electrons. The second-order valence-corrected chi connectivity index (χ2v) is 4.35. The van der Waals surface area contributed by atoms with E-state index in [1.807, 2.05) is 24.5 Å². The SMILES string of the molecule is NNC(Cn1cnc2ccccc21)C1=CCCO1. The summed E-state index contributed by atoms with van der Waals surface area (Å²) < 4.78 is 7.64. The summed E-state index contributed by atoms with van der Waals surface area (Å²) in [6.45, 7) is 1.46. The van der Waals surface area contributed by atoms with Gasteiger partial charge in [-0.25, -0.2) is 10.4 Å². The summed E-state index contributed by atoms with van der Waals surface area (Å²) in [7, 11) is 0. The lowest BCUT2D eigenvalue weighted by molar-refractivity contribution is 0.209. The number of fused-ring (bicyclic) bond motifs is 1. The largest absolute Gasteiger partial charge is 0.496 e. The highest BCUT2D eigenvalue weighted by atomic mass is 16.5. The Balaban J connectivity index is 1.86. The predicted molar refractivity (Wildman–Crippen MR) is 69.5 cm³/mol. The molecule has 1 aromatic heterocycles. The molecule has 1 atom stereocenters. The normalized spacial score (nSPS) is 16.6. The average Bonchev–Trinajstić information content (AvgIpc) is 3.06. The van der Waals surface area contributed by atoms with Crippen LogP contribution in [0.5, 0.6) is 0 Å². The highest BCUT2D eigenvalue weighted by molar-refractivity contribution is 5.74. The monoisotopic (exact) mass is 244 g/mol. The molecule has 1 aliphatic rings. The summed E-state index contributed by atoms with van der Waals surface area (Å²) in [4.78, 5) is 4.37. The van der Waals surface area contributed by atoms with Crippen molar-refractivity contribution in [1.29, 1.82) is 0 Å². The number of rotatable bonds is 4. The van der Waals surface area contributed by atoms with Gasteiger partial charge in [-0.1, -0.05) is 12.1 Å². The maximum absolute atomic E-state index is 5.61. The van der Waals surface area contributed by atoms with Crippen molar-refractivity contribution in [2.75, 3.05) is 6.61 Å². The van der Waals surface area contributed by atoms with E-state index in [0.717, 1.165) is 29.8 Å². The van der Waals surface area contributed by atoms with Crippen LogP contribution in [0.3, 0.4) is 0 Å². The minimum Gasteiger partial charge on any atom is -0.496 e.